The van der Waals surface area contributed by atoms with Crippen LogP contribution in [0.1, 0.15) is 18.4 Å². The molecule has 0 radical (unpaired) electrons. The third kappa shape index (κ3) is 4.25. The van der Waals surface area contributed by atoms with Gasteiger partial charge in [-0.05, 0) is 44.0 Å². The number of aromatic nitrogens is 1. The Morgan fingerprint density at radius 2 is 2.08 bits per heavy atom. The minimum atomic E-state index is -3.31. The molecule has 7 heteroatoms. The predicted molar refractivity (Wildman–Crippen MR) is 99.8 cm³/mol. The normalized spacial score (nSPS) is 19.1. The van der Waals surface area contributed by atoms with Crippen molar-refractivity contribution in [2.45, 2.75) is 18.6 Å². The first kappa shape index (κ1) is 19.1. The third-order valence-corrected chi connectivity index (χ3v) is 6.22. The van der Waals surface area contributed by atoms with Crippen LogP contribution in [0, 0.1) is 5.92 Å². The van der Waals surface area contributed by atoms with Crippen LogP contribution in [0.4, 0.5) is 0 Å². The topological polar surface area (TPSA) is 62.3 Å². The van der Waals surface area contributed by atoms with Crippen LogP contribution >= 0.6 is 12.4 Å². The summed E-state index contributed by atoms with van der Waals surface area (Å²) in [5.41, 5.74) is 1.56. The Morgan fingerprint density at radius 3 is 2.88 bits per heavy atom. The second kappa shape index (κ2) is 8.25. The van der Waals surface area contributed by atoms with Crippen molar-refractivity contribution in [3.05, 3.63) is 42.1 Å². The minimum Gasteiger partial charge on any atom is -0.319 e. The lowest BCUT2D eigenvalue weighted by Gasteiger charge is -2.32. The summed E-state index contributed by atoms with van der Waals surface area (Å²) < 4.78 is 27.3. The van der Waals surface area contributed by atoms with Gasteiger partial charge in [0.1, 0.15) is 0 Å². The molecule has 24 heavy (non-hydrogen) atoms. The molecule has 0 aliphatic carbocycles. The van der Waals surface area contributed by atoms with E-state index in [-0.39, 0.29) is 18.2 Å². The van der Waals surface area contributed by atoms with Crippen molar-refractivity contribution >= 4 is 33.3 Å². The van der Waals surface area contributed by atoms with Crippen molar-refractivity contribution in [2.24, 2.45) is 5.92 Å². The zero-order chi connectivity index (χ0) is 16.3. The fourth-order valence-electron chi connectivity index (χ4n) is 3.31. The molecule has 1 fully saturated rings. The Labute approximate surface area is 149 Å². The van der Waals surface area contributed by atoms with Gasteiger partial charge in [-0.2, -0.15) is 0 Å². The standard InChI is InChI=1S/C17H23N3O2S.ClH/c1-18-11-14-5-4-10-20(12-14)23(21,22)13-16-7-2-6-15-8-3-9-19-17(15)16;/h2-3,6-9,14,18H,4-5,10-13H2,1H3;1H. The van der Waals surface area contributed by atoms with E-state index in [0.29, 0.717) is 19.0 Å². The fourth-order valence-corrected chi connectivity index (χ4v) is 4.96. The lowest BCUT2D eigenvalue weighted by molar-refractivity contribution is 0.263. The second-order valence-corrected chi connectivity index (χ2v) is 8.14. The zero-order valence-electron chi connectivity index (χ0n) is 13.8. The number of fused-ring (bicyclic) bond motifs is 1. The average Bonchev–Trinajstić information content (AvgIpc) is 2.56. The Bertz CT molecular complexity index is 775. The van der Waals surface area contributed by atoms with E-state index in [1.165, 1.54) is 0 Å². The quantitative estimate of drug-likeness (QED) is 0.879. The van der Waals surface area contributed by atoms with Crippen LogP contribution in [0.2, 0.25) is 0 Å². The number of nitrogens with one attached hydrogen (secondary N) is 1. The first-order chi connectivity index (χ1) is 11.1. The Kier molecular flexibility index (Phi) is 6.57. The van der Waals surface area contributed by atoms with Gasteiger partial charge in [0.25, 0.3) is 0 Å². The molecule has 1 atom stereocenters. The molecule has 1 aliphatic heterocycles. The van der Waals surface area contributed by atoms with Gasteiger partial charge in [-0.15, -0.1) is 12.4 Å². The Balaban J connectivity index is 0.00000208. The van der Waals surface area contributed by atoms with Gasteiger partial charge < -0.3 is 5.32 Å². The maximum atomic E-state index is 12.8. The first-order valence-electron chi connectivity index (χ1n) is 8.05. The number of nitrogens with zero attached hydrogens (tertiary/aromatic N) is 2. The van der Waals surface area contributed by atoms with E-state index >= 15 is 0 Å². The van der Waals surface area contributed by atoms with Gasteiger partial charge in [0.15, 0.2) is 0 Å². The van der Waals surface area contributed by atoms with Crippen molar-refractivity contribution in [1.29, 1.82) is 0 Å². The highest BCUT2D eigenvalue weighted by molar-refractivity contribution is 7.88. The summed E-state index contributed by atoms with van der Waals surface area (Å²) in [7, 11) is -1.40. The van der Waals surface area contributed by atoms with Gasteiger partial charge in [0.2, 0.25) is 10.0 Å². The smallest absolute Gasteiger partial charge is 0.218 e. The number of hydrogen-bond acceptors (Lipinski definition) is 4. The van der Waals surface area contributed by atoms with E-state index < -0.39 is 10.0 Å². The third-order valence-electron chi connectivity index (χ3n) is 4.42. The number of halogens is 1. The molecule has 2 heterocycles. The van der Waals surface area contributed by atoms with Gasteiger partial charge in [0, 0.05) is 24.7 Å². The highest BCUT2D eigenvalue weighted by atomic mass is 35.5. The van der Waals surface area contributed by atoms with Crippen molar-refractivity contribution in [3.8, 4) is 0 Å². The largest absolute Gasteiger partial charge is 0.319 e. The number of para-hydroxylation sites is 1. The Morgan fingerprint density at radius 1 is 1.29 bits per heavy atom. The number of hydrogen-bond donors (Lipinski definition) is 1. The molecule has 0 saturated carbocycles. The maximum absolute atomic E-state index is 12.8. The SMILES string of the molecule is CNCC1CCCN(S(=O)(=O)Cc2cccc3cccnc23)C1.Cl. The van der Waals surface area contributed by atoms with Crippen LogP contribution in [0.25, 0.3) is 10.9 Å². The molecule has 0 amide bonds. The summed E-state index contributed by atoms with van der Waals surface area (Å²) in [6, 6.07) is 9.55. The summed E-state index contributed by atoms with van der Waals surface area (Å²) in [6.07, 6.45) is 3.73. The van der Waals surface area contributed by atoms with E-state index in [4.69, 9.17) is 0 Å². The molecule has 1 aromatic carbocycles. The monoisotopic (exact) mass is 369 g/mol. The molecule has 2 aromatic rings. The number of pyridine rings is 1. The van der Waals surface area contributed by atoms with Crippen LogP contribution in [-0.2, 0) is 15.8 Å². The van der Waals surface area contributed by atoms with Crippen LogP contribution in [0.5, 0.6) is 0 Å². The number of sulfonamides is 1. The number of benzene rings is 1. The van der Waals surface area contributed by atoms with Crippen molar-refractivity contribution in [1.82, 2.24) is 14.6 Å². The number of piperidine rings is 1. The molecule has 1 saturated heterocycles. The van der Waals surface area contributed by atoms with Crippen LogP contribution in [0.3, 0.4) is 0 Å². The van der Waals surface area contributed by atoms with E-state index in [1.54, 1.807) is 10.5 Å². The molecule has 3 rings (SSSR count). The fraction of sp³-hybridized carbons (Fsp3) is 0.471. The lowest BCUT2D eigenvalue weighted by Crippen LogP contribution is -2.42. The highest BCUT2D eigenvalue weighted by Crippen LogP contribution is 2.23. The van der Waals surface area contributed by atoms with E-state index in [0.717, 1.165) is 35.9 Å². The Hall–Kier alpha value is -1.21. The molecule has 0 spiro atoms. The van der Waals surface area contributed by atoms with E-state index in [1.807, 2.05) is 37.4 Å². The predicted octanol–water partition coefficient (Wildman–Crippen LogP) is 2.42. The summed E-state index contributed by atoms with van der Waals surface area (Å²) in [6.45, 7) is 2.10. The van der Waals surface area contributed by atoms with Crippen molar-refractivity contribution < 1.29 is 8.42 Å². The molecule has 1 aromatic heterocycles. The van der Waals surface area contributed by atoms with E-state index in [9.17, 15) is 8.42 Å². The summed E-state index contributed by atoms with van der Waals surface area (Å²) in [4.78, 5) is 4.36. The van der Waals surface area contributed by atoms with E-state index in [2.05, 4.69) is 10.3 Å². The molecular formula is C17H24ClN3O2S. The zero-order valence-corrected chi connectivity index (χ0v) is 15.4. The number of rotatable bonds is 5. The van der Waals surface area contributed by atoms with Crippen LogP contribution in [-0.4, -0.2) is 44.4 Å². The molecule has 1 unspecified atom stereocenters. The van der Waals surface area contributed by atoms with Gasteiger partial charge >= 0.3 is 0 Å². The van der Waals surface area contributed by atoms with Crippen molar-refractivity contribution in [3.63, 3.8) is 0 Å². The van der Waals surface area contributed by atoms with Crippen LogP contribution in [0.15, 0.2) is 36.5 Å². The van der Waals surface area contributed by atoms with Gasteiger partial charge in [-0.3, -0.25) is 4.98 Å². The van der Waals surface area contributed by atoms with Gasteiger partial charge in [-0.25, -0.2) is 12.7 Å². The maximum Gasteiger partial charge on any atom is 0.218 e. The molecule has 132 valence electrons. The summed E-state index contributed by atoms with van der Waals surface area (Å²) in [5, 5.41) is 4.13. The molecule has 1 aliphatic rings. The second-order valence-electron chi connectivity index (χ2n) is 6.17. The summed E-state index contributed by atoms with van der Waals surface area (Å²) in [5.74, 6) is 0.419. The average molecular weight is 370 g/mol. The molecule has 5 nitrogen and oxygen atoms in total. The first-order valence-corrected chi connectivity index (χ1v) is 9.66. The van der Waals surface area contributed by atoms with Gasteiger partial charge in [-0.1, -0.05) is 24.3 Å². The molecule has 1 N–H and O–H groups in total. The van der Waals surface area contributed by atoms with Crippen molar-refractivity contribution in [2.75, 3.05) is 26.7 Å². The lowest BCUT2D eigenvalue weighted by atomic mass is 10.00. The molecule has 0 bridgehead atoms. The highest BCUT2D eigenvalue weighted by Gasteiger charge is 2.29. The van der Waals surface area contributed by atoms with Crippen LogP contribution < -0.4 is 5.32 Å². The van der Waals surface area contributed by atoms with Gasteiger partial charge in [0.05, 0.1) is 11.3 Å². The molecular weight excluding hydrogens is 346 g/mol. The summed E-state index contributed by atoms with van der Waals surface area (Å²) >= 11 is 0. The minimum absolute atomic E-state index is 0.